The highest BCUT2D eigenvalue weighted by Crippen LogP contribution is 2.29. The molecule has 2 N–H and O–H groups in total. The lowest BCUT2D eigenvalue weighted by Crippen LogP contribution is -2.39. The Labute approximate surface area is 219 Å². The van der Waals surface area contributed by atoms with Crippen LogP contribution in [0.25, 0.3) is 0 Å². The first-order valence-corrected chi connectivity index (χ1v) is 13.7. The van der Waals surface area contributed by atoms with Crippen molar-refractivity contribution in [3.05, 3.63) is 76.9 Å². The van der Waals surface area contributed by atoms with E-state index in [0.29, 0.717) is 17.1 Å². The molecule has 1 aliphatic carbocycles. The maximum Gasteiger partial charge on any atom is 0.232 e. The Hall–Kier alpha value is -3.19. The van der Waals surface area contributed by atoms with Crippen molar-refractivity contribution in [3.8, 4) is 0 Å². The Morgan fingerprint density at radius 2 is 1.28 bits per heavy atom. The number of hydrogen-bond acceptors (Lipinski definition) is 5. The molecule has 2 aliphatic heterocycles. The SMILES string of the molecule is S=C(Nc1nc(N2CCc3ccccc3C2)cc(N2CCc3ccccc3C2)n1)NC1CCCCC1. The molecule has 3 heterocycles. The fraction of sp³-hybridized carbons (Fsp3) is 0.414. The average molecular weight is 499 g/mol. The summed E-state index contributed by atoms with van der Waals surface area (Å²) in [5.41, 5.74) is 5.62. The third kappa shape index (κ3) is 5.16. The Balaban J connectivity index is 1.27. The molecule has 0 bridgehead atoms. The fourth-order valence-electron chi connectivity index (χ4n) is 5.75. The molecule has 2 aromatic carbocycles. The van der Waals surface area contributed by atoms with Crippen LogP contribution >= 0.6 is 12.2 Å². The van der Waals surface area contributed by atoms with Crippen molar-refractivity contribution in [2.24, 2.45) is 0 Å². The molecule has 36 heavy (non-hydrogen) atoms. The zero-order valence-electron chi connectivity index (χ0n) is 20.7. The zero-order chi connectivity index (χ0) is 24.3. The highest BCUT2D eigenvalue weighted by Gasteiger charge is 2.23. The van der Waals surface area contributed by atoms with Crippen LogP contribution in [0.3, 0.4) is 0 Å². The quantitative estimate of drug-likeness (QED) is 0.478. The molecule has 7 heteroatoms. The largest absolute Gasteiger partial charge is 0.360 e. The lowest BCUT2D eigenvalue weighted by atomic mass is 9.96. The highest BCUT2D eigenvalue weighted by atomic mass is 32.1. The van der Waals surface area contributed by atoms with Gasteiger partial charge in [0.2, 0.25) is 5.95 Å². The van der Waals surface area contributed by atoms with Crippen molar-refractivity contribution < 1.29 is 0 Å². The van der Waals surface area contributed by atoms with Crippen molar-refractivity contribution >= 4 is 34.9 Å². The molecule has 1 saturated carbocycles. The van der Waals surface area contributed by atoms with Crippen molar-refractivity contribution in [2.75, 3.05) is 28.2 Å². The molecular formula is C29H34N6S. The van der Waals surface area contributed by atoms with Crippen molar-refractivity contribution in [2.45, 2.75) is 64.1 Å². The van der Waals surface area contributed by atoms with Gasteiger partial charge in [0.25, 0.3) is 0 Å². The molecule has 1 aromatic heterocycles. The summed E-state index contributed by atoms with van der Waals surface area (Å²) in [7, 11) is 0. The molecule has 0 unspecified atom stereocenters. The second-order valence-corrected chi connectivity index (χ2v) is 10.6. The van der Waals surface area contributed by atoms with Crippen LogP contribution in [0.4, 0.5) is 17.6 Å². The minimum Gasteiger partial charge on any atom is -0.360 e. The standard InChI is InChI=1S/C29H34N6S/c36-29(30-25-12-2-1-3-13-25)33-28-31-26(34-16-14-21-8-4-6-10-23(21)19-34)18-27(32-28)35-17-15-22-9-5-7-11-24(22)20-35/h4-11,18,25H,1-3,12-17,19-20H2,(H2,30,31,32,33,36). The van der Waals surface area contributed by atoms with Crippen LogP contribution < -0.4 is 20.4 Å². The van der Waals surface area contributed by atoms with Crippen LogP contribution in [0.15, 0.2) is 54.6 Å². The average Bonchev–Trinajstić information content (AvgIpc) is 2.93. The number of aromatic nitrogens is 2. The number of anilines is 3. The summed E-state index contributed by atoms with van der Waals surface area (Å²) in [6, 6.07) is 20.1. The van der Waals surface area contributed by atoms with Gasteiger partial charge in [0.15, 0.2) is 5.11 Å². The topological polar surface area (TPSA) is 56.3 Å². The first kappa shape index (κ1) is 23.2. The second kappa shape index (κ2) is 10.4. The third-order valence-corrected chi connectivity index (χ3v) is 7.99. The van der Waals surface area contributed by atoms with E-state index in [-0.39, 0.29) is 0 Å². The first-order chi connectivity index (χ1) is 17.7. The van der Waals surface area contributed by atoms with Gasteiger partial charge in [0, 0.05) is 38.3 Å². The smallest absolute Gasteiger partial charge is 0.232 e. The Morgan fingerprint density at radius 1 is 0.750 bits per heavy atom. The number of hydrogen-bond donors (Lipinski definition) is 2. The summed E-state index contributed by atoms with van der Waals surface area (Å²) in [6.07, 6.45) is 8.26. The monoisotopic (exact) mass is 498 g/mol. The van der Waals surface area contributed by atoms with E-state index < -0.39 is 0 Å². The van der Waals surface area contributed by atoms with Crippen molar-refractivity contribution in [1.82, 2.24) is 15.3 Å². The maximum absolute atomic E-state index is 5.69. The predicted molar refractivity (Wildman–Crippen MR) is 151 cm³/mol. The van der Waals surface area contributed by atoms with Crippen LogP contribution in [0.5, 0.6) is 0 Å². The van der Waals surface area contributed by atoms with Gasteiger partial charge in [0.05, 0.1) is 0 Å². The van der Waals surface area contributed by atoms with Crippen molar-refractivity contribution in [3.63, 3.8) is 0 Å². The molecule has 0 spiro atoms. The van der Waals surface area contributed by atoms with Gasteiger partial charge in [-0.1, -0.05) is 67.8 Å². The van der Waals surface area contributed by atoms with E-state index in [2.05, 4.69) is 75.0 Å². The molecule has 1 fully saturated rings. The summed E-state index contributed by atoms with van der Waals surface area (Å²) >= 11 is 5.69. The molecule has 0 atom stereocenters. The minimum atomic E-state index is 0.443. The molecule has 0 saturated heterocycles. The fourth-order valence-corrected chi connectivity index (χ4v) is 6.01. The van der Waals surface area contributed by atoms with E-state index in [9.17, 15) is 0 Å². The van der Waals surface area contributed by atoms with E-state index in [4.69, 9.17) is 22.2 Å². The zero-order valence-corrected chi connectivity index (χ0v) is 21.6. The molecular weight excluding hydrogens is 464 g/mol. The van der Waals surface area contributed by atoms with E-state index in [1.54, 1.807) is 0 Å². The summed E-state index contributed by atoms with van der Waals surface area (Å²) in [5.74, 6) is 2.49. The second-order valence-electron chi connectivity index (χ2n) is 10.2. The van der Waals surface area contributed by atoms with Gasteiger partial charge in [-0.15, -0.1) is 0 Å². The summed E-state index contributed by atoms with van der Waals surface area (Å²) in [5, 5.41) is 7.46. The van der Waals surface area contributed by atoms with Gasteiger partial charge >= 0.3 is 0 Å². The molecule has 3 aliphatic rings. The lowest BCUT2D eigenvalue weighted by Gasteiger charge is -2.33. The number of rotatable bonds is 4. The van der Waals surface area contributed by atoms with E-state index in [1.807, 2.05) is 0 Å². The van der Waals surface area contributed by atoms with Gasteiger partial charge in [0.1, 0.15) is 11.6 Å². The van der Waals surface area contributed by atoms with Crippen LogP contribution in [0.1, 0.15) is 54.4 Å². The summed E-state index contributed by atoms with van der Waals surface area (Å²) < 4.78 is 0. The van der Waals surface area contributed by atoms with Gasteiger partial charge in [-0.05, 0) is 60.2 Å². The van der Waals surface area contributed by atoms with Gasteiger partial charge in [-0.2, -0.15) is 9.97 Å². The van der Waals surface area contributed by atoms with E-state index >= 15 is 0 Å². The number of benzene rings is 2. The maximum atomic E-state index is 5.69. The number of nitrogens with one attached hydrogen (secondary N) is 2. The highest BCUT2D eigenvalue weighted by molar-refractivity contribution is 7.80. The van der Waals surface area contributed by atoms with E-state index in [0.717, 1.165) is 50.7 Å². The minimum absolute atomic E-state index is 0.443. The molecule has 0 radical (unpaired) electrons. The van der Waals surface area contributed by atoms with Gasteiger partial charge < -0.3 is 20.4 Å². The Morgan fingerprint density at radius 3 is 1.83 bits per heavy atom. The van der Waals surface area contributed by atoms with E-state index in [1.165, 1.54) is 54.4 Å². The Kier molecular flexibility index (Phi) is 6.73. The van der Waals surface area contributed by atoms with Crippen LogP contribution in [0.2, 0.25) is 0 Å². The molecule has 6 rings (SSSR count). The first-order valence-electron chi connectivity index (χ1n) is 13.3. The molecule has 6 nitrogen and oxygen atoms in total. The van der Waals surface area contributed by atoms with Crippen LogP contribution in [-0.4, -0.2) is 34.2 Å². The third-order valence-electron chi connectivity index (χ3n) is 7.77. The summed E-state index contributed by atoms with van der Waals surface area (Å²) in [6.45, 7) is 3.61. The normalized spacial score (nSPS) is 17.8. The van der Waals surface area contributed by atoms with Gasteiger partial charge in [-0.3, -0.25) is 0 Å². The molecule has 186 valence electrons. The Bertz CT molecular complexity index is 1160. The predicted octanol–water partition coefficient (Wildman–Crippen LogP) is 5.22. The van der Waals surface area contributed by atoms with Gasteiger partial charge in [-0.25, -0.2) is 0 Å². The van der Waals surface area contributed by atoms with Crippen LogP contribution in [-0.2, 0) is 25.9 Å². The van der Waals surface area contributed by atoms with Crippen LogP contribution in [0, 0.1) is 0 Å². The number of thiocarbonyl (C=S) groups is 1. The number of fused-ring (bicyclic) bond motifs is 2. The summed E-state index contributed by atoms with van der Waals surface area (Å²) in [4.78, 5) is 14.6. The molecule has 0 amide bonds. The number of nitrogens with zero attached hydrogens (tertiary/aromatic N) is 4. The van der Waals surface area contributed by atoms with Crippen molar-refractivity contribution in [1.29, 1.82) is 0 Å². The lowest BCUT2D eigenvalue weighted by molar-refractivity contribution is 0.414. The molecule has 3 aromatic rings.